The van der Waals surface area contributed by atoms with Gasteiger partial charge in [0.25, 0.3) is 0 Å². The number of amides is 1. The molecule has 0 aromatic rings. The van der Waals surface area contributed by atoms with Gasteiger partial charge < -0.3 is 15.0 Å². The van der Waals surface area contributed by atoms with Crippen LogP contribution in [0.5, 0.6) is 0 Å². The van der Waals surface area contributed by atoms with Crippen LogP contribution in [0.3, 0.4) is 0 Å². The predicted octanol–water partition coefficient (Wildman–Crippen LogP) is 0.448. The number of nitrogens with one attached hydrogen (secondary N) is 1. The van der Waals surface area contributed by atoms with Crippen molar-refractivity contribution in [2.24, 2.45) is 0 Å². The van der Waals surface area contributed by atoms with E-state index in [1.807, 2.05) is 0 Å². The number of piperazine rings is 1. The Balaban J connectivity index is 0.00000169. The molecule has 1 fully saturated rings. The Morgan fingerprint density at radius 3 is 2.64 bits per heavy atom. The third-order valence-electron chi connectivity index (χ3n) is 2.10. The minimum Gasteiger partial charge on any atom is -0.449 e. The second-order valence-electron chi connectivity index (χ2n) is 3.20. The van der Waals surface area contributed by atoms with Crippen molar-refractivity contribution in [1.82, 2.24) is 10.2 Å². The third kappa shape index (κ3) is 5.68. The molecule has 0 bridgehead atoms. The fourth-order valence-electron chi connectivity index (χ4n) is 1.24. The van der Waals surface area contributed by atoms with Gasteiger partial charge in [-0.1, -0.05) is 13.3 Å². The van der Waals surface area contributed by atoms with Crippen molar-refractivity contribution in [1.29, 1.82) is 0 Å². The summed E-state index contributed by atoms with van der Waals surface area (Å²) in [5.41, 5.74) is 0. The zero-order valence-electron chi connectivity index (χ0n) is 9.21. The van der Waals surface area contributed by atoms with Gasteiger partial charge in [-0.2, -0.15) is 0 Å². The molecule has 1 aliphatic heterocycles. The first-order valence-electron chi connectivity index (χ1n) is 4.97. The first-order chi connectivity index (χ1) is 6.34. The summed E-state index contributed by atoms with van der Waals surface area (Å²) in [5.74, 6) is 0. The Morgan fingerprint density at radius 1 is 1.43 bits per heavy atom. The van der Waals surface area contributed by atoms with Crippen molar-refractivity contribution in [2.75, 3.05) is 32.8 Å². The zero-order chi connectivity index (χ0) is 9.52. The van der Waals surface area contributed by atoms with Crippen LogP contribution in [0.25, 0.3) is 0 Å². The van der Waals surface area contributed by atoms with Crippen LogP contribution in [0.4, 0.5) is 4.79 Å². The summed E-state index contributed by atoms with van der Waals surface area (Å²) in [6.07, 6.45) is 1.86. The number of ether oxygens (including phenoxy) is 1. The average Bonchev–Trinajstić information content (AvgIpc) is 2.19. The van der Waals surface area contributed by atoms with Gasteiger partial charge in [-0.3, -0.25) is 0 Å². The molecule has 1 heterocycles. The van der Waals surface area contributed by atoms with Gasteiger partial charge in [0.05, 0.1) is 6.61 Å². The van der Waals surface area contributed by atoms with E-state index in [0.717, 1.165) is 39.0 Å². The minimum absolute atomic E-state index is 0. The first kappa shape index (κ1) is 14.9. The van der Waals surface area contributed by atoms with Crippen LogP contribution >= 0.6 is 0 Å². The maximum atomic E-state index is 11.3. The topological polar surface area (TPSA) is 41.6 Å². The molecule has 14 heavy (non-hydrogen) atoms. The van der Waals surface area contributed by atoms with Gasteiger partial charge in [0.1, 0.15) is 0 Å². The van der Waals surface area contributed by atoms with E-state index in [1.54, 1.807) is 4.90 Å². The summed E-state index contributed by atoms with van der Waals surface area (Å²) in [5, 5.41) is 3.19. The summed E-state index contributed by atoms with van der Waals surface area (Å²) in [4.78, 5) is 13.1. The van der Waals surface area contributed by atoms with Gasteiger partial charge in [0, 0.05) is 77.6 Å². The van der Waals surface area contributed by atoms with Crippen molar-refractivity contribution in [3.8, 4) is 0 Å². The monoisotopic (exact) mass is 225 g/mol. The molecular formula is C9H18KN2O2. The van der Waals surface area contributed by atoms with Crippen LogP contribution in [0.1, 0.15) is 19.8 Å². The van der Waals surface area contributed by atoms with Crippen LogP contribution < -0.4 is 5.32 Å². The van der Waals surface area contributed by atoms with E-state index in [4.69, 9.17) is 4.74 Å². The summed E-state index contributed by atoms with van der Waals surface area (Å²) < 4.78 is 5.08. The number of carbonyl (C=O) groups is 1. The van der Waals surface area contributed by atoms with Crippen molar-refractivity contribution in [2.45, 2.75) is 19.8 Å². The molecule has 0 aromatic carbocycles. The number of hydrogen-bond acceptors (Lipinski definition) is 3. The molecule has 0 spiro atoms. The Hall–Kier alpha value is 0.866. The van der Waals surface area contributed by atoms with E-state index < -0.39 is 0 Å². The molecule has 4 nitrogen and oxygen atoms in total. The first-order valence-corrected chi connectivity index (χ1v) is 4.97. The van der Waals surface area contributed by atoms with Gasteiger partial charge in [-0.05, 0) is 6.42 Å². The van der Waals surface area contributed by atoms with E-state index in [0.29, 0.717) is 6.61 Å². The van der Waals surface area contributed by atoms with E-state index >= 15 is 0 Å². The fraction of sp³-hybridized carbons (Fsp3) is 0.889. The number of nitrogens with zero attached hydrogens (tertiary/aromatic N) is 1. The zero-order valence-corrected chi connectivity index (χ0v) is 12.3. The molecule has 1 radical (unpaired) electrons. The normalized spacial score (nSPS) is 15.9. The standard InChI is InChI=1S/C9H18N2O2.K/c1-2-3-8-13-9(12)11-6-4-10-5-7-11;/h10H,2-8H2,1H3;. The quantitative estimate of drug-likeness (QED) is 0.560. The Bertz CT molecular complexity index is 161. The van der Waals surface area contributed by atoms with E-state index in [1.165, 1.54) is 0 Å². The molecule has 1 N–H and O–H groups in total. The van der Waals surface area contributed by atoms with Gasteiger partial charge in [0.2, 0.25) is 0 Å². The van der Waals surface area contributed by atoms with E-state index in [-0.39, 0.29) is 57.5 Å². The van der Waals surface area contributed by atoms with Crippen molar-refractivity contribution < 1.29 is 9.53 Å². The molecule has 0 aromatic heterocycles. The number of rotatable bonds is 3. The largest absolute Gasteiger partial charge is 0.449 e. The van der Waals surface area contributed by atoms with Crippen molar-refractivity contribution in [3.63, 3.8) is 0 Å². The van der Waals surface area contributed by atoms with Crippen LogP contribution in [0, 0.1) is 0 Å². The molecule has 0 atom stereocenters. The van der Waals surface area contributed by atoms with Crippen LogP contribution in [0.15, 0.2) is 0 Å². The minimum atomic E-state index is -0.157. The summed E-state index contributed by atoms with van der Waals surface area (Å²) in [6, 6.07) is 0. The molecule has 1 amide bonds. The summed E-state index contributed by atoms with van der Waals surface area (Å²) >= 11 is 0. The summed E-state index contributed by atoms with van der Waals surface area (Å²) in [6.45, 7) is 5.93. The van der Waals surface area contributed by atoms with Gasteiger partial charge in [0.15, 0.2) is 0 Å². The molecule has 0 aliphatic carbocycles. The van der Waals surface area contributed by atoms with E-state index in [9.17, 15) is 4.79 Å². The molecule has 1 saturated heterocycles. The number of hydrogen-bond donors (Lipinski definition) is 1. The molecule has 0 unspecified atom stereocenters. The maximum Gasteiger partial charge on any atom is 0.409 e. The van der Waals surface area contributed by atoms with Gasteiger partial charge in [-0.25, -0.2) is 4.79 Å². The van der Waals surface area contributed by atoms with Crippen LogP contribution in [0.2, 0.25) is 0 Å². The Morgan fingerprint density at radius 2 is 2.07 bits per heavy atom. The van der Waals surface area contributed by atoms with E-state index in [2.05, 4.69) is 12.2 Å². The van der Waals surface area contributed by atoms with Crippen molar-refractivity contribution >= 4 is 57.5 Å². The second-order valence-corrected chi connectivity index (χ2v) is 3.20. The SMILES string of the molecule is CCCCOC(=O)N1CCNCC1.[K]. The number of carbonyl (C=O) groups excluding carboxylic acids is 1. The van der Waals surface area contributed by atoms with Crippen molar-refractivity contribution in [3.05, 3.63) is 0 Å². The summed E-state index contributed by atoms with van der Waals surface area (Å²) in [7, 11) is 0. The predicted molar refractivity (Wildman–Crippen MR) is 56.5 cm³/mol. The fourth-order valence-corrected chi connectivity index (χ4v) is 1.24. The van der Waals surface area contributed by atoms with Crippen LogP contribution in [-0.4, -0.2) is 95.2 Å². The maximum absolute atomic E-state index is 11.3. The molecule has 5 heteroatoms. The Kier molecular flexibility index (Phi) is 9.68. The molecule has 1 aliphatic rings. The molecular weight excluding hydrogens is 207 g/mol. The molecule has 0 saturated carbocycles. The number of unbranched alkanes of at least 4 members (excludes halogenated alkanes) is 1. The van der Waals surface area contributed by atoms with Crippen LogP contribution in [-0.2, 0) is 4.74 Å². The molecule has 77 valence electrons. The Labute approximate surface area is 128 Å². The van der Waals surface area contributed by atoms with Gasteiger partial charge in [-0.15, -0.1) is 0 Å². The smallest absolute Gasteiger partial charge is 0.409 e. The second kappa shape index (κ2) is 9.12. The van der Waals surface area contributed by atoms with Gasteiger partial charge >= 0.3 is 6.09 Å². The molecule has 1 rings (SSSR count). The average molecular weight is 225 g/mol. The third-order valence-corrected chi connectivity index (χ3v) is 2.10.